The smallest absolute Gasteiger partial charge is 0.220 e. The first-order valence-electron chi connectivity index (χ1n) is 10.6. The Bertz CT molecular complexity index is 787. The number of amides is 1. The lowest BCUT2D eigenvalue weighted by molar-refractivity contribution is -0.121. The Hall–Kier alpha value is -1.85. The van der Waals surface area contributed by atoms with Gasteiger partial charge in [0.2, 0.25) is 5.91 Å². The summed E-state index contributed by atoms with van der Waals surface area (Å²) in [7, 11) is 4.05. The van der Waals surface area contributed by atoms with Crippen molar-refractivity contribution in [3.05, 3.63) is 35.0 Å². The van der Waals surface area contributed by atoms with Crippen molar-refractivity contribution in [3.63, 3.8) is 0 Å². The van der Waals surface area contributed by atoms with E-state index in [-0.39, 0.29) is 5.91 Å². The van der Waals surface area contributed by atoms with Crippen LogP contribution in [0.2, 0.25) is 0 Å². The van der Waals surface area contributed by atoms with Gasteiger partial charge in [-0.3, -0.25) is 9.69 Å². The molecule has 3 rings (SSSR count). The second kappa shape index (κ2) is 9.57. The quantitative estimate of drug-likeness (QED) is 0.733. The molecule has 154 valence electrons. The van der Waals surface area contributed by atoms with Gasteiger partial charge in [0.15, 0.2) is 0 Å². The lowest BCUT2D eigenvalue weighted by Gasteiger charge is -2.31. The summed E-state index contributed by atoms with van der Waals surface area (Å²) in [5.74, 6) is 0.885. The number of hydrogen-bond donors (Lipinski definition) is 2. The minimum atomic E-state index is 0.202. The molecule has 1 aliphatic rings. The third-order valence-electron chi connectivity index (χ3n) is 6.07. The molecule has 5 nitrogen and oxygen atoms in total. The SMILES string of the molecule is Cc1ccc2[nH]c(CN3CCC(CCC(=O)NCCN(C)C)CC3)c(C)c2c1. The Kier molecular flexibility index (Phi) is 7.13. The van der Waals surface area contributed by atoms with Crippen molar-refractivity contribution in [3.8, 4) is 0 Å². The van der Waals surface area contributed by atoms with Gasteiger partial charge in [-0.1, -0.05) is 11.6 Å². The highest BCUT2D eigenvalue weighted by Crippen LogP contribution is 2.27. The summed E-state index contributed by atoms with van der Waals surface area (Å²) in [5.41, 5.74) is 5.29. The number of H-pyrrole nitrogens is 1. The number of likely N-dealkylation sites (tertiary alicyclic amines) is 1. The molecule has 1 aliphatic heterocycles. The van der Waals surface area contributed by atoms with Gasteiger partial charge in [0.05, 0.1) is 0 Å². The zero-order valence-electron chi connectivity index (χ0n) is 18.0. The zero-order chi connectivity index (χ0) is 20.1. The minimum absolute atomic E-state index is 0.202. The number of benzene rings is 1. The average molecular weight is 385 g/mol. The Morgan fingerprint density at radius 2 is 2.00 bits per heavy atom. The lowest BCUT2D eigenvalue weighted by Crippen LogP contribution is -2.34. The number of nitrogens with zero attached hydrogens (tertiary/aromatic N) is 2. The highest BCUT2D eigenvalue weighted by Gasteiger charge is 2.21. The zero-order valence-corrected chi connectivity index (χ0v) is 18.0. The van der Waals surface area contributed by atoms with Crippen molar-refractivity contribution in [2.24, 2.45) is 5.92 Å². The molecule has 0 aliphatic carbocycles. The summed E-state index contributed by atoms with van der Waals surface area (Å²) in [6.07, 6.45) is 4.08. The molecule has 1 aromatic heterocycles. The number of aromatic amines is 1. The van der Waals surface area contributed by atoms with Crippen LogP contribution in [-0.4, -0.2) is 61.0 Å². The van der Waals surface area contributed by atoms with Crippen molar-refractivity contribution >= 4 is 16.8 Å². The predicted octanol–water partition coefficient (Wildman–Crippen LogP) is 3.45. The maximum absolute atomic E-state index is 12.0. The number of carbonyl (C=O) groups is 1. The summed E-state index contributed by atoms with van der Waals surface area (Å²) in [6, 6.07) is 6.64. The Morgan fingerprint density at radius 1 is 1.25 bits per heavy atom. The topological polar surface area (TPSA) is 51.4 Å². The molecule has 0 bridgehead atoms. The molecule has 0 spiro atoms. The molecular formula is C23H36N4O. The fourth-order valence-corrected chi connectivity index (χ4v) is 4.15. The number of aryl methyl sites for hydroxylation is 2. The van der Waals surface area contributed by atoms with Crippen LogP contribution in [0.15, 0.2) is 18.2 Å². The van der Waals surface area contributed by atoms with Crippen LogP contribution in [0.3, 0.4) is 0 Å². The molecule has 1 fully saturated rings. The molecule has 2 aromatic rings. The second-order valence-corrected chi connectivity index (χ2v) is 8.69. The van der Waals surface area contributed by atoms with Crippen LogP contribution >= 0.6 is 0 Å². The fourth-order valence-electron chi connectivity index (χ4n) is 4.15. The van der Waals surface area contributed by atoms with E-state index in [9.17, 15) is 4.79 Å². The van der Waals surface area contributed by atoms with Crippen LogP contribution in [-0.2, 0) is 11.3 Å². The monoisotopic (exact) mass is 384 g/mol. The van der Waals surface area contributed by atoms with Gasteiger partial charge in [0.25, 0.3) is 0 Å². The second-order valence-electron chi connectivity index (χ2n) is 8.69. The largest absolute Gasteiger partial charge is 0.357 e. The fraction of sp³-hybridized carbons (Fsp3) is 0.609. The van der Waals surface area contributed by atoms with E-state index in [2.05, 4.69) is 52.1 Å². The van der Waals surface area contributed by atoms with Crippen molar-refractivity contribution < 1.29 is 4.79 Å². The van der Waals surface area contributed by atoms with E-state index < -0.39 is 0 Å². The molecule has 0 saturated carbocycles. The number of nitrogens with one attached hydrogen (secondary N) is 2. The van der Waals surface area contributed by atoms with Crippen molar-refractivity contribution in [2.45, 2.75) is 46.1 Å². The summed E-state index contributed by atoms with van der Waals surface area (Å²) in [4.78, 5) is 20.2. The van der Waals surface area contributed by atoms with Crippen LogP contribution < -0.4 is 5.32 Å². The number of piperidine rings is 1. The summed E-state index contributed by atoms with van der Waals surface area (Å²) < 4.78 is 0. The molecule has 0 atom stereocenters. The standard InChI is InChI=1S/C23H36N4O/c1-17-5-7-21-20(15-17)18(2)22(25-21)16-27-12-9-19(10-13-27)6-8-23(28)24-11-14-26(3)4/h5,7,15,19,25H,6,8-14,16H2,1-4H3,(H,24,28). The predicted molar refractivity (Wildman–Crippen MR) is 117 cm³/mol. The third-order valence-corrected chi connectivity index (χ3v) is 6.07. The number of likely N-dealkylation sites (N-methyl/N-ethyl adjacent to an activating group) is 1. The average Bonchev–Trinajstić information content (AvgIpc) is 2.96. The molecule has 2 N–H and O–H groups in total. The van der Waals surface area contributed by atoms with Gasteiger partial charge in [0.1, 0.15) is 0 Å². The third kappa shape index (κ3) is 5.58. The number of rotatable bonds is 8. The molecule has 0 radical (unpaired) electrons. The number of fused-ring (bicyclic) bond motifs is 1. The minimum Gasteiger partial charge on any atom is -0.357 e. The maximum atomic E-state index is 12.0. The Morgan fingerprint density at radius 3 is 2.71 bits per heavy atom. The van der Waals surface area contributed by atoms with Gasteiger partial charge in [-0.2, -0.15) is 0 Å². The van der Waals surface area contributed by atoms with Crippen LogP contribution in [0.5, 0.6) is 0 Å². The molecule has 1 amide bonds. The number of hydrogen-bond acceptors (Lipinski definition) is 3. The first-order chi connectivity index (χ1) is 13.4. The van der Waals surface area contributed by atoms with Crippen LogP contribution in [0.1, 0.15) is 42.5 Å². The molecule has 1 saturated heterocycles. The van der Waals surface area contributed by atoms with E-state index in [1.165, 1.54) is 40.6 Å². The summed E-state index contributed by atoms with van der Waals surface area (Å²) >= 11 is 0. The van der Waals surface area contributed by atoms with Gasteiger partial charge in [-0.15, -0.1) is 0 Å². The molecular weight excluding hydrogens is 348 g/mol. The Balaban J connectivity index is 1.42. The van der Waals surface area contributed by atoms with Crippen molar-refractivity contribution in [1.82, 2.24) is 20.1 Å². The Labute approximate surface area is 169 Å². The van der Waals surface area contributed by atoms with E-state index in [0.717, 1.165) is 39.1 Å². The van der Waals surface area contributed by atoms with Gasteiger partial charge in [-0.05, 0) is 83.9 Å². The van der Waals surface area contributed by atoms with Gasteiger partial charge >= 0.3 is 0 Å². The molecule has 2 heterocycles. The van der Waals surface area contributed by atoms with Crippen LogP contribution in [0.25, 0.3) is 10.9 Å². The van der Waals surface area contributed by atoms with E-state index in [1.54, 1.807) is 0 Å². The first-order valence-corrected chi connectivity index (χ1v) is 10.6. The molecule has 1 aromatic carbocycles. The highest BCUT2D eigenvalue weighted by molar-refractivity contribution is 5.85. The van der Waals surface area contributed by atoms with Crippen molar-refractivity contribution in [1.29, 1.82) is 0 Å². The normalized spacial score (nSPS) is 16.2. The van der Waals surface area contributed by atoms with Gasteiger partial charge in [0, 0.05) is 42.7 Å². The highest BCUT2D eigenvalue weighted by atomic mass is 16.1. The number of aromatic nitrogens is 1. The molecule has 5 heteroatoms. The number of carbonyl (C=O) groups excluding carboxylic acids is 1. The lowest BCUT2D eigenvalue weighted by atomic mass is 9.92. The van der Waals surface area contributed by atoms with Gasteiger partial charge < -0.3 is 15.2 Å². The van der Waals surface area contributed by atoms with Crippen molar-refractivity contribution in [2.75, 3.05) is 40.3 Å². The van der Waals surface area contributed by atoms with Crippen LogP contribution in [0.4, 0.5) is 0 Å². The molecule has 28 heavy (non-hydrogen) atoms. The van der Waals surface area contributed by atoms with E-state index in [0.29, 0.717) is 12.3 Å². The molecule has 0 unspecified atom stereocenters. The first kappa shape index (κ1) is 20.9. The summed E-state index contributed by atoms with van der Waals surface area (Å²) in [5, 5.41) is 4.37. The summed E-state index contributed by atoms with van der Waals surface area (Å²) in [6.45, 7) is 9.28. The van der Waals surface area contributed by atoms with E-state index in [4.69, 9.17) is 0 Å². The van der Waals surface area contributed by atoms with E-state index in [1.807, 2.05) is 14.1 Å². The maximum Gasteiger partial charge on any atom is 0.220 e. The van der Waals surface area contributed by atoms with Crippen LogP contribution in [0, 0.1) is 19.8 Å². The van der Waals surface area contributed by atoms with E-state index >= 15 is 0 Å². The van der Waals surface area contributed by atoms with Gasteiger partial charge in [-0.25, -0.2) is 0 Å².